The molecule has 1 saturated carbocycles. The first-order chi connectivity index (χ1) is 8.83. The zero-order valence-corrected chi connectivity index (χ0v) is 10.7. The van der Waals surface area contributed by atoms with E-state index in [0.29, 0.717) is 12.5 Å². The summed E-state index contributed by atoms with van der Waals surface area (Å²) >= 11 is 0. The third kappa shape index (κ3) is 2.35. The lowest BCUT2D eigenvalue weighted by atomic mass is 9.93. The second kappa shape index (κ2) is 5.01. The van der Waals surface area contributed by atoms with Gasteiger partial charge >= 0.3 is 0 Å². The highest BCUT2D eigenvalue weighted by molar-refractivity contribution is 5.77. The average Bonchev–Trinajstić information content (AvgIpc) is 2.80. The van der Waals surface area contributed by atoms with Gasteiger partial charge in [0.2, 0.25) is 5.91 Å². The zero-order chi connectivity index (χ0) is 12.4. The quantitative estimate of drug-likeness (QED) is 0.853. The summed E-state index contributed by atoms with van der Waals surface area (Å²) in [4.78, 5) is 11.8. The minimum absolute atomic E-state index is 0.204. The Kier molecular flexibility index (Phi) is 3.22. The molecule has 0 saturated heterocycles. The predicted octanol–water partition coefficient (Wildman–Crippen LogP) is 2.26. The van der Waals surface area contributed by atoms with Crippen molar-refractivity contribution in [2.75, 3.05) is 11.9 Å². The van der Waals surface area contributed by atoms with Gasteiger partial charge in [0.15, 0.2) is 0 Å². The molecule has 1 heterocycles. The van der Waals surface area contributed by atoms with Crippen molar-refractivity contribution in [1.82, 2.24) is 5.32 Å². The molecule has 3 nitrogen and oxygen atoms in total. The Bertz CT molecular complexity index is 452. The number of amides is 1. The minimum atomic E-state index is 0.204. The van der Waals surface area contributed by atoms with Crippen LogP contribution in [0.4, 0.5) is 5.69 Å². The molecule has 0 atom stereocenters. The molecular weight excluding hydrogens is 224 g/mol. The summed E-state index contributed by atoms with van der Waals surface area (Å²) < 4.78 is 0. The fraction of sp³-hybridized carbons (Fsp3) is 0.533. The summed E-state index contributed by atoms with van der Waals surface area (Å²) in [5.74, 6) is 0.204. The Morgan fingerprint density at radius 1 is 1.39 bits per heavy atom. The van der Waals surface area contributed by atoms with Gasteiger partial charge in [0, 0.05) is 24.7 Å². The van der Waals surface area contributed by atoms with E-state index in [4.69, 9.17) is 0 Å². The number of hydrogen-bond donors (Lipinski definition) is 2. The molecule has 0 aromatic heterocycles. The highest BCUT2D eigenvalue weighted by atomic mass is 16.1. The monoisotopic (exact) mass is 244 g/mol. The van der Waals surface area contributed by atoms with E-state index in [9.17, 15) is 4.79 Å². The van der Waals surface area contributed by atoms with Crippen molar-refractivity contribution in [3.63, 3.8) is 0 Å². The van der Waals surface area contributed by atoms with Gasteiger partial charge in [0.25, 0.3) is 0 Å². The number of para-hydroxylation sites is 1. The number of benzene rings is 1. The van der Waals surface area contributed by atoms with E-state index < -0.39 is 0 Å². The van der Waals surface area contributed by atoms with Gasteiger partial charge in [0.1, 0.15) is 0 Å². The van der Waals surface area contributed by atoms with E-state index in [2.05, 4.69) is 28.8 Å². The Balaban J connectivity index is 1.56. The molecule has 0 bridgehead atoms. The second-order valence-corrected chi connectivity index (χ2v) is 5.32. The van der Waals surface area contributed by atoms with Crippen LogP contribution in [0.3, 0.4) is 0 Å². The fourth-order valence-corrected chi connectivity index (χ4v) is 2.72. The number of hydrogen-bond acceptors (Lipinski definition) is 2. The van der Waals surface area contributed by atoms with E-state index >= 15 is 0 Å². The summed E-state index contributed by atoms with van der Waals surface area (Å²) in [7, 11) is 0. The van der Waals surface area contributed by atoms with E-state index in [1.165, 1.54) is 23.2 Å². The van der Waals surface area contributed by atoms with E-state index in [-0.39, 0.29) is 5.91 Å². The molecule has 2 N–H and O–H groups in total. The molecular formula is C15H20N2O. The van der Waals surface area contributed by atoms with Crippen molar-refractivity contribution >= 4 is 11.6 Å². The first-order valence-corrected chi connectivity index (χ1v) is 6.97. The van der Waals surface area contributed by atoms with Gasteiger partial charge in [-0.05, 0) is 43.2 Å². The Morgan fingerprint density at radius 3 is 3.06 bits per heavy atom. The van der Waals surface area contributed by atoms with E-state index in [1.807, 2.05) is 0 Å². The van der Waals surface area contributed by atoms with Crippen LogP contribution >= 0.6 is 0 Å². The molecule has 18 heavy (non-hydrogen) atoms. The van der Waals surface area contributed by atoms with Crippen molar-refractivity contribution in [2.45, 2.75) is 44.6 Å². The van der Waals surface area contributed by atoms with Crippen LogP contribution in [0.25, 0.3) is 0 Å². The maximum atomic E-state index is 11.8. The van der Waals surface area contributed by atoms with Gasteiger partial charge in [-0.25, -0.2) is 0 Å². The molecule has 1 aromatic rings. The maximum absolute atomic E-state index is 11.8. The molecule has 96 valence electrons. The number of nitrogens with one attached hydrogen (secondary N) is 2. The normalized spacial score (nSPS) is 17.8. The first kappa shape index (κ1) is 11.6. The van der Waals surface area contributed by atoms with Crippen LogP contribution < -0.4 is 10.6 Å². The second-order valence-electron chi connectivity index (χ2n) is 5.32. The predicted molar refractivity (Wildman–Crippen MR) is 72.7 cm³/mol. The Hall–Kier alpha value is -1.51. The third-order valence-electron chi connectivity index (χ3n) is 4.02. The van der Waals surface area contributed by atoms with Crippen LogP contribution in [0.2, 0.25) is 0 Å². The zero-order valence-electron chi connectivity index (χ0n) is 10.7. The highest BCUT2D eigenvalue weighted by Gasteiger charge is 2.19. The van der Waals surface area contributed by atoms with Crippen LogP contribution in [-0.4, -0.2) is 18.5 Å². The summed E-state index contributed by atoms with van der Waals surface area (Å²) in [5.41, 5.74) is 3.95. The summed E-state index contributed by atoms with van der Waals surface area (Å²) in [6, 6.07) is 6.86. The van der Waals surface area contributed by atoms with E-state index in [0.717, 1.165) is 32.2 Å². The molecule has 1 fully saturated rings. The van der Waals surface area contributed by atoms with Crippen molar-refractivity contribution in [1.29, 1.82) is 0 Å². The van der Waals surface area contributed by atoms with Crippen LogP contribution in [0, 0.1) is 0 Å². The summed E-state index contributed by atoms with van der Waals surface area (Å²) in [6.07, 6.45) is 6.14. The molecule has 0 spiro atoms. The first-order valence-electron chi connectivity index (χ1n) is 6.97. The van der Waals surface area contributed by atoms with Crippen LogP contribution in [0.15, 0.2) is 18.2 Å². The van der Waals surface area contributed by atoms with Crippen LogP contribution in [-0.2, 0) is 17.6 Å². The van der Waals surface area contributed by atoms with Gasteiger partial charge in [-0.1, -0.05) is 18.2 Å². The minimum Gasteiger partial charge on any atom is -0.384 e. The topological polar surface area (TPSA) is 41.1 Å². The van der Waals surface area contributed by atoms with Crippen LogP contribution in [0.5, 0.6) is 0 Å². The fourth-order valence-electron chi connectivity index (χ4n) is 2.72. The molecule has 1 aromatic carbocycles. The van der Waals surface area contributed by atoms with Crippen molar-refractivity contribution in [2.24, 2.45) is 0 Å². The molecule has 2 aliphatic rings. The molecule has 1 aliphatic heterocycles. The maximum Gasteiger partial charge on any atom is 0.220 e. The summed E-state index contributed by atoms with van der Waals surface area (Å²) in [5, 5.41) is 6.52. The number of aryl methyl sites for hydroxylation is 1. The van der Waals surface area contributed by atoms with Crippen molar-refractivity contribution < 1.29 is 4.79 Å². The Labute approximate surface area is 108 Å². The average molecular weight is 244 g/mol. The smallest absolute Gasteiger partial charge is 0.220 e. The third-order valence-corrected chi connectivity index (χ3v) is 4.02. The van der Waals surface area contributed by atoms with Gasteiger partial charge in [-0.15, -0.1) is 0 Å². The lowest BCUT2D eigenvalue weighted by molar-refractivity contribution is -0.122. The lowest BCUT2D eigenvalue weighted by Crippen LogP contribution is -2.39. The molecule has 0 radical (unpaired) electrons. The Morgan fingerprint density at radius 2 is 2.28 bits per heavy atom. The van der Waals surface area contributed by atoms with Crippen molar-refractivity contribution in [3.8, 4) is 0 Å². The van der Waals surface area contributed by atoms with Crippen molar-refractivity contribution in [3.05, 3.63) is 29.3 Å². The molecule has 1 amide bonds. The number of fused-ring (bicyclic) bond motifs is 1. The lowest BCUT2D eigenvalue weighted by Gasteiger charge is -2.26. The SMILES string of the molecule is O=C(CCc1cccc2c1NCC2)NC1CCC1. The van der Waals surface area contributed by atoms with E-state index in [1.54, 1.807) is 0 Å². The summed E-state index contributed by atoms with van der Waals surface area (Å²) in [6.45, 7) is 1.03. The number of anilines is 1. The largest absolute Gasteiger partial charge is 0.384 e. The highest BCUT2D eigenvalue weighted by Crippen LogP contribution is 2.27. The van der Waals surface area contributed by atoms with Gasteiger partial charge < -0.3 is 10.6 Å². The molecule has 3 rings (SSSR count). The number of rotatable bonds is 4. The number of carbonyl (C=O) groups is 1. The van der Waals surface area contributed by atoms with Crippen LogP contribution in [0.1, 0.15) is 36.8 Å². The molecule has 1 aliphatic carbocycles. The number of carbonyl (C=O) groups excluding carboxylic acids is 1. The van der Waals surface area contributed by atoms with Gasteiger partial charge in [0.05, 0.1) is 0 Å². The molecule has 3 heteroatoms. The van der Waals surface area contributed by atoms with Gasteiger partial charge in [-0.3, -0.25) is 4.79 Å². The standard InChI is InChI=1S/C15H20N2O/c18-14(17-13-5-2-6-13)8-7-11-3-1-4-12-9-10-16-15(11)12/h1,3-4,13,16H,2,5-10H2,(H,17,18). The molecule has 0 unspecified atom stereocenters. The van der Waals surface area contributed by atoms with Gasteiger partial charge in [-0.2, -0.15) is 0 Å².